The van der Waals surface area contributed by atoms with Gasteiger partial charge in [0.05, 0.1) is 10.6 Å². The predicted octanol–water partition coefficient (Wildman–Crippen LogP) is 3.54. The standard InChI is InChI=1S/C16H12N4OS/c1-9-15(10(2)21)22-16(17-9)20-18-13-8-7-11-5-3-4-6-12(11)14(13)19-20/h3-8H,1-2H3. The van der Waals surface area contributed by atoms with Crippen LogP contribution in [0.4, 0.5) is 0 Å². The first-order chi connectivity index (χ1) is 10.6. The third-order valence-electron chi connectivity index (χ3n) is 3.55. The fourth-order valence-corrected chi connectivity index (χ4v) is 3.39. The predicted molar refractivity (Wildman–Crippen MR) is 86.8 cm³/mol. The van der Waals surface area contributed by atoms with Crippen LogP contribution in [-0.4, -0.2) is 25.8 Å². The topological polar surface area (TPSA) is 60.7 Å². The number of nitrogens with zero attached hydrogens (tertiary/aromatic N) is 4. The highest BCUT2D eigenvalue weighted by Gasteiger charge is 2.15. The van der Waals surface area contributed by atoms with Crippen LogP contribution in [0.15, 0.2) is 36.4 Å². The summed E-state index contributed by atoms with van der Waals surface area (Å²) in [5, 5.41) is 11.9. The van der Waals surface area contributed by atoms with Crippen LogP contribution in [-0.2, 0) is 0 Å². The normalized spacial score (nSPS) is 11.4. The fourth-order valence-electron chi connectivity index (χ4n) is 2.53. The van der Waals surface area contributed by atoms with Crippen molar-refractivity contribution in [2.75, 3.05) is 0 Å². The monoisotopic (exact) mass is 308 g/mol. The number of thiazole rings is 1. The van der Waals surface area contributed by atoms with E-state index in [2.05, 4.69) is 21.2 Å². The van der Waals surface area contributed by atoms with Crippen LogP contribution in [0, 0.1) is 6.92 Å². The van der Waals surface area contributed by atoms with E-state index in [1.807, 2.05) is 37.3 Å². The van der Waals surface area contributed by atoms with Gasteiger partial charge in [-0.15, -0.1) is 15.0 Å². The second-order valence-corrected chi connectivity index (χ2v) is 6.09. The highest BCUT2D eigenvalue weighted by atomic mass is 32.1. The number of carbonyl (C=O) groups is 1. The SMILES string of the molecule is CC(=O)c1sc(-n2nc3ccc4ccccc4c3n2)nc1C. The molecule has 2 heterocycles. The molecule has 0 N–H and O–H groups in total. The number of hydrogen-bond acceptors (Lipinski definition) is 5. The summed E-state index contributed by atoms with van der Waals surface area (Å²) in [5.74, 6) is 0.0170. The molecule has 4 aromatic rings. The lowest BCUT2D eigenvalue weighted by atomic mass is 10.1. The third kappa shape index (κ3) is 1.92. The zero-order chi connectivity index (χ0) is 15.3. The van der Waals surface area contributed by atoms with Crippen molar-refractivity contribution < 1.29 is 4.79 Å². The van der Waals surface area contributed by atoms with Gasteiger partial charge in [0.15, 0.2) is 5.78 Å². The van der Waals surface area contributed by atoms with Gasteiger partial charge in [0.1, 0.15) is 11.0 Å². The molecule has 0 saturated heterocycles. The molecule has 0 unspecified atom stereocenters. The second-order valence-electron chi connectivity index (χ2n) is 5.11. The van der Waals surface area contributed by atoms with Crippen LogP contribution < -0.4 is 0 Å². The van der Waals surface area contributed by atoms with E-state index in [9.17, 15) is 4.79 Å². The molecule has 22 heavy (non-hydrogen) atoms. The maximum absolute atomic E-state index is 11.6. The van der Waals surface area contributed by atoms with Crippen molar-refractivity contribution in [3.63, 3.8) is 0 Å². The summed E-state index contributed by atoms with van der Waals surface area (Å²) in [6, 6.07) is 12.1. The summed E-state index contributed by atoms with van der Waals surface area (Å²) < 4.78 is 0. The minimum absolute atomic E-state index is 0.0170. The number of aryl methyl sites for hydroxylation is 1. The van der Waals surface area contributed by atoms with Crippen molar-refractivity contribution in [2.24, 2.45) is 0 Å². The average molecular weight is 308 g/mol. The van der Waals surface area contributed by atoms with Gasteiger partial charge in [0, 0.05) is 12.3 Å². The summed E-state index contributed by atoms with van der Waals surface area (Å²) in [7, 11) is 0. The molecule has 2 aromatic heterocycles. The maximum Gasteiger partial charge on any atom is 0.230 e. The molecule has 6 heteroatoms. The fraction of sp³-hybridized carbons (Fsp3) is 0.125. The Bertz CT molecular complexity index is 1030. The average Bonchev–Trinajstić information content (AvgIpc) is 3.10. The van der Waals surface area contributed by atoms with Crippen LogP contribution in [0.3, 0.4) is 0 Å². The molecular weight excluding hydrogens is 296 g/mol. The molecular formula is C16H12N4OS. The Hall–Kier alpha value is -2.60. The van der Waals surface area contributed by atoms with Crippen LogP contribution in [0.25, 0.3) is 26.9 Å². The van der Waals surface area contributed by atoms with Gasteiger partial charge in [0.25, 0.3) is 0 Å². The van der Waals surface area contributed by atoms with E-state index >= 15 is 0 Å². The number of benzene rings is 2. The van der Waals surface area contributed by atoms with Gasteiger partial charge >= 0.3 is 0 Å². The van der Waals surface area contributed by atoms with Crippen molar-refractivity contribution in [1.29, 1.82) is 0 Å². The smallest absolute Gasteiger partial charge is 0.230 e. The highest BCUT2D eigenvalue weighted by Crippen LogP contribution is 2.25. The molecule has 0 atom stereocenters. The quantitative estimate of drug-likeness (QED) is 0.531. The van der Waals surface area contributed by atoms with Crippen LogP contribution >= 0.6 is 11.3 Å². The van der Waals surface area contributed by atoms with Crippen molar-refractivity contribution >= 4 is 38.9 Å². The number of hydrogen-bond donors (Lipinski definition) is 0. The first-order valence-electron chi connectivity index (χ1n) is 6.87. The van der Waals surface area contributed by atoms with Gasteiger partial charge in [0.2, 0.25) is 5.13 Å². The van der Waals surface area contributed by atoms with E-state index in [0.717, 1.165) is 27.5 Å². The van der Waals surface area contributed by atoms with Crippen molar-refractivity contribution in [3.8, 4) is 5.13 Å². The first-order valence-corrected chi connectivity index (χ1v) is 7.68. The van der Waals surface area contributed by atoms with E-state index in [4.69, 9.17) is 0 Å². The molecule has 0 spiro atoms. The van der Waals surface area contributed by atoms with E-state index in [1.54, 1.807) is 6.92 Å². The molecule has 0 aliphatic rings. The molecule has 0 aliphatic heterocycles. The number of aromatic nitrogens is 4. The summed E-state index contributed by atoms with van der Waals surface area (Å²) in [6.45, 7) is 3.38. The maximum atomic E-state index is 11.6. The molecule has 0 radical (unpaired) electrons. The van der Waals surface area contributed by atoms with Gasteiger partial charge in [-0.2, -0.15) is 0 Å². The van der Waals surface area contributed by atoms with Crippen LogP contribution in [0.5, 0.6) is 0 Å². The Morgan fingerprint density at radius 1 is 1.14 bits per heavy atom. The van der Waals surface area contributed by atoms with Gasteiger partial charge in [-0.3, -0.25) is 4.79 Å². The Morgan fingerprint density at radius 2 is 1.95 bits per heavy atom. The summed E-state index contributed by atoms with van der Waals surface area (Å²) in [5.41, 5.74) is 2.38. The lowest BCUT2D eigenvalue weighted by molar-refractivity contribution is 0.102. The number of Topliss-reactive ketones (excluding diaryl/α,β-unsaturated/α-hetero) is 1. The first kappa shape index (κ1) is 13.1. The molecule has 4 rings (SSSR count). The van der Waals surface area contributed by atoms with E-state index in [1.165, 1.54) is 16.1 Å². The molecule has 0 fully saturated rings. The third-order valence-corrected chi connectivity index (χ3v) is 4.78. The van der Waals surface area contributed by atoms with Gasteiger partial charge in [-0.05, 0) is 18.4 Å². The largest absolute Gasteiger partial charge is 0.294 e. The van der Waals surface area contributed by atoms with Gasteiger partial charge in [-0.1, -0.05) is 41.7 Å². The zero-order valence-corrected chi connectivity index (χ0v) is 12.9. The Labute approximate surface area is 130 Å². The van der Waals surface area contributed by atoms with Gasteiger partial charge < -0.3 is 0 Å². The van der Waals surface area contributed by atoms with Crippen LogP contribution in [0.1, 0.15) is 22.3 Å². The highest BCUT2D eigenvalue weighted by molar-refractivity contribution is 7.16. The zero-order valence-electron chi connectivity index (χ0n) is 12.1. The molecule has 2 aromatic carbocycles. The van der Waals surface area contributed by atoms with Crippen molar-refractivity contribution in [3.05, 3.63) is 47.0 Å². The van der Waals surface area contributed by atoms with Crippen molar-refractivity contribution in [1.82, 2.24) is 20.0 Å². The molecule has 0 aliphatic carbocycles. The molecule has 108 valence electrons. The second kappa shape index (κ2) is 4.71. The lowest BCUT2D eigenvalue weighted by Gasteiger charge is -1.95. The summed E-state index contributed by atoms with van der Waals surface area (Å²) in [4.78, 5) is 18.2. The minimum Gasteiger partial charge on any atom is -0.294 e. The molecule has 5 nitrogen and oxygen atoms in total. The molecule has 0 amide bonds. The Kier molecular flexibility index (Phi) is 2.80. The molecule has 0 saturated carbocycles. The van der Waals surface area contributed by atoms with Crippen molar-refractivity contribution in [2.45, 2.75) is 13.8 Å². The van der Waals surface area contributed by atoms with E-state index < -0.39 is 0 Å². The summed E-state index contributed by atoms with van der Waals surface area (Å²) in [6.07, 6.45) is 0. The van der Waals surface area contributed by atoms with E-state index in [0.29, 0.717) is 10.0 Å². The van der Waals surface area contributed by atoms with Gasteiger partial charge in [-0.25, -0.2) is 4.98 Å². The minimum atomic E-state index is 0.0170. The number of carbonyl (C=O) groups excluding carboxylic acids is 1. The number of fused-ring (bicyclic) bond motifs is 3. The molecule has 0 bridgehead atoms. The number of rotatable bonds is 2. The number of ketones is 1. The summed E-state index contributed by atoms with van der Waals surface area (Å²) >= 11 is 1.32. The Balaban J connectivity index is 1.94. The van der Waals surface area contributed by atoms with Crippen LogP contribution in [0.2, 0.25) is 0 Å². The lowest BCUT2D eigenvalue weighted by Crippen LogP contribution is -1.97. The Morgan fingerprint density at radius 3 is 2.73 bits per heavy atom. The van der Waals surface area contributed by atoms with E-state index in [-0.39, 0.29) is 5.78 Å².